The van der Waals surface area contributed by atoms with Crippen molar-refractivity contribution in [1.82, 2.24) is 29.3 Å². The smallest absolute Gasteiger partial charge is 0.379 e. The largest absolute Gasteiger partial charge is 0.439 e. The Morgan fingerprint density at radius 2 is 1.74 bits per heavy atom. The van der Waals surface area contributed by atoms with Gasteiger partial charge < -0.3 is 9.84 Å². The first-order chi connectivity index (χ1) is 22.5. The third-order valence-corrected chi connectivity index (χ3v) is 8.80. The van der Waals surface area contributed by atoms with Gasteiger partial charge in [0, 0.05) is 23.6 Å². The zero-order valence-corrected chi connectivity index (χ0v) is 26.0. The van der Waals surface area contributed by atoms with Crippen LogP contribution in [0.25, 0.3) is 28.3 Å². The van der Waals surface area contributed by atoms with Crippen molar-refractivity contribution in [3.63, 3.8) is 0 Å². The highest BCUT2D eigenvalue weighted by atomic mass is 19.4. The molecule has 1 fully saturated rings. The molecule has 14 heteroatoms. The number of nitrogens with zero attached hydrogens (tertiary/aromatic N) is 5. The van der Waals surface area contributed by atoms with Crippen LogP contribution >= 0.6 is 0 Å². The van der Waals surface area contributed by atoms with Crippen LogP contribution in [0.3, 0.4) is 0 Å². The Bertz CT molecular complexity index is 1970. The highest BCUT2D eigenvalue weighted by Gasteiger charge is 2.50. The van der Waals surface area contributed by atoms with Crippen molar-refractivity contribution in [2.75, 3.05) is 6.61 Å². The van der Waals surface area contributed by atoms with Crippen molar-refractivity contribution < 1.29 is 27.5 Å². The number of alkyl halides is 3. The highest BCUT2D eigenvalue weighted by Crippen LogP contribution is 2.35. The van der Waals surface area contributed by atoms with E-state index >= 15 is 0 Å². The predicted octanol–water partition coefficient (Wildman–Crippen LogP) is 5.26. The van der Waals surface area contributed by atoms with Crippen molar-refractivity contribution >= 4 is 5.78 Å². The molecule has 3 aromatic heterocycles. The molecular weight excluding hydrogens is 617 g/mol. The van der Waals surface area contributed by atoms with E-state index in [1.54, 1.807) is 9.08 Å². The van der Waals surface area contributed by atoms with Gasteiger partial charge in [-0.05, 0) is 55.7 Å². The summed E-state index contributed by atoms with van der Waals surface area (Å²) in [5, 5.41) is 18.1. The molecule has 0 aliphatic heterocycles. The van der Waals surface area contributed by atoms with Crippen molar-refractivity contribution in [3.8, 4) is 22.5 Å². The number of halogens is 3. The summed E-state index contributed by atoms with van der Waals surface area (Å²) in [5.74, 6) is 0.123. The first kappa shape index (κ1) is 32.4. The van der Waals surface area contributed by atoms with Gasteiger partial charge in [-0.25, -0.2) is 9.31 Å². The zero-order valence-electron chi connectivity index (χ0n) is 26.0. The van der Waals surface area contributed by atoms with Gasteiger partial charge in [-0.1, -0.05) is 67.0 Å². The van der Waals surface area contributed by atoms with Crippen LogP contribution in [0.1, 0.15) is 68.8 Å². The van der Waals surface area contributed by atoms with Crippen LogP contribution in [-0.2, 0) is 17.6 Å². The second-order valence-electron chi connectivity index (χ2n) is 12.2. The van der Waals surface area contributed by atoms with Crippen LogP contribution in [0, 0.1) is 0 Å². The molecule has 47 heavy (non-hydrogen) atoms. The Morgan fingerprint density at radius 3 is 2.38 bits per heavy atom. The zero-order chi connectivity index (χ0) is 33.3. The Labute approximate surface area is 267 Å². The third kappa shape index (κ3) is 6.52. The summed E-state index contributed by atoms with van der Waals surface area (Å²) in [5.41, 5.74) is 1.66. The molecule has 2 N–H and O–H groups in total. The summed E-state index contributed by atoms with van der Waals surface area (Å²) in [6.07, 6.45) is -0.206. The molecule has 11 nitrogen and oxygen atoms in total. The van der Waals surface area contributed by atoms with Gasteiger partial charge in [0.05, 0.1) is 18.4 Å². The topological polar surface area (TPSA) is 141 Å². The molecule has 1 atom stereocenters. The number of nitrogens with one attached hydrogen (secondary N) is 1. The molecule has 0 spiro atoms. The Hall–Kier alpha value is -4.56. The molecule has 3 heterocycles. The van der Waals surface area contributed by atoms with E-state index in [4.69, 9.17) is 9.26 Å². The summed E-state index contributed by atoms with van der Waals surface area (Å²) in [6, 6.07) is 15.1. The second kappa shape index (κ2) is 12.9. The molecule has 2 aromatic carbocycles. The molecular formula is C33H35F3N6O5. The van der Waals surface area contributed by atoms with E-state index in [9.17, 15) is 27.9 Å². The average molecular weight is 653 g/mol. The van der Waals surface area contributed by atoms with Gasteiger partial charge in [0.25, 0.3) is 5.56 Å². The highest BCUT2D eigenvalue weighted by molar-refractivity contribution is 5.80. The van der Waals surface area contributed by atoms with Gasteiger partial charge in [-0.3, -0.25) is 18.9 Å². The fourth-order valence-corrected chi connectivity index (χ4v) is 6.20. The molecule has 1 saturated carbocycles. The molecule has 6 rings (SSSR count). The van der Waals surface area contributed by atoms with Crippen LogP contribution in [-0.4, -0.2) is 58.9 Å². The SMILES string of the molecule is CCCc1c(Cc2ccc(-c3ccccc3-c3noc(=O)[nH]3)cc2)c(=O)n([C@H]2CC[C@H](OCC(C)(O)C(F)(F)F)CC2)c2ncnn12. The van der Waals surface area contributed by atoms with Crippen LogP contribution < -0.4 is 11.3 Å². The van der Waals surface area contributed by atoms with Crippen LogP contribution in [0.5, 0.6) is 0 Å². The number of aliphatic hydroxyl groups is 1. The molecule has 0 radical (unpaired) electrons. The fraction of sp³-hybridized carbons (Fsp3) is 0.424. The number of ether oxygens (including phenoxy) is 1. The number of hydrogen-bond donors (Lipinski definition) is 2. The first-order valence-electron chi connectivity index (χ1n) is 15.6. The van der Waals surface area contributed by atoms with Gasteiger partial charge in [0.1, 0.15) is 6.33 Å². The van der Waals surface area contributed by atoms with Gasteiger partial charge in [-0.15, -0.1) is 0 Å². The maximum atomic E-state index is 14.3. The van der Waals surface area contributed by atoms with Crippen LogP contribution in [0.2, 0.25) is 0 Å². The van der Waals surface area contributed by atoms with Crippen LogP contribution in [0.15, 0.2) is 69.0 Å². The monoisotopic (exact) mass is 652 g/mol. The predicted molar refractivity (Wildman–Crippen MR) is 166 cm³/mol. The number of aromatic nitrogens is 6. The van der Waals surface area contributed by atoms with E-state index in [1.807, 2.05) is 55.5 Å². The van der Waals surface area contributed by atoms with Crippen molar-refractivity contribution in [3.05, 3.63) is 92.6 Å². The lowest BCUT2D eigenvalue weighted by Crippen LogP contribution is -2.47. The minimum absolute atomic E-state index is 0.164. The number of fused-ring (bicyclic) bond motifs is 1. The quantitative estimate of drug-likeness (QED) is 0.208. The number of aryl methyl sites for hydroxylation is 1. The normalized spacial score (nSPS) is 18.4. The lowest BCUT2D eigenvalue weighted by Gasteiger charge is -2.33. The lowest BCUT2D eigenvalue weighted by molar-refractivity contribution is -0.271. The lowest BCUT2D eigenvalue weighted by atomic mass is 9.92. The summed E-state index contributed by atoms with van der Waals surface area (Å²) < 4.78 is 52.9. The van der Waals surface area contributed by atoms with E-state index < -0.39 is 30.2 Å². The minimum Gasteiger partial charge on any atom is -0.379 e. The maximum Gasteiger partial charge on any atom is 0.439 e. The standard InChI is InChI=1S/C33H35F3N6O5/c1-3-6-27-26(17-20-9-11-21(12-10-20)24-7-4-5-8-25(24)28-39-31(44)47-40-28)29(43)41(30-37-19-38-42(27)30)22-13-15-23(16-14-22)46-18-32(2,45)33(34,35)36/h4-5,7-12,19,22-23,45H,3,6,13-18H2,1-2H3,(H,39,40,44)/t22-,23-,32?. The summed E-state index contributed by atoms with van der Waals surface area (Å²) in [7, 11) is 0. The van der Waals surface area contributed by atoms with Crippen molar-refractivity contribution in [2.45, 2.75) is 82.7 Å². The molecule has 1 aliphatic rings. The number of H-pyrrole nitrogens is 1. The van der Waals surface area contributed by atoms with Gasteiger partial charge >= 0.3 is 11.9 Å². The van der Waals surface area contributed by atoms with E-state index in [1.165, 1.54) is 6.33 Å². The number of benzene rings is 2. The van der Waals surface area contributed by atoms with Gasteiger partial charge in [-0.2, -0.15) is 23.3 Å². The van der Waals surface area contributed by atoms with Crippen LogP contribution in [0.4, 0.5) is 13.2 Å². The van der Waals surface area contributed by atoms with E-state index in [0.717, 1.165) is 28.8 Å². The average Bonchev–Trinajstić information content (AvgIpc) is 3.71. The van der Waals surface area contributed by atoms with Gasteiger partial charge in [0.2, 0.25) is 5.78 Å². The molecule has 5 aromatic rings. The van der Waals surface area contributed by atoms with E-state index in [0.29, 0.717) is 68.2 Å². The Balaban J connectivity index is 1.27. The Kier molecular flexibility index (Phi) is 8.90. The molecule has 0 saturated heterocycles. The molecule has 0 amide bonds. The number of rotatable bonds is 10. The minimum atomic E-state index is -4.79. The van der Waals surface area contributed by atoms with Gasteiger partial charge in [0.15, 0.2) is 11.4 Å². The summed E-state index contributed by atoms with van der Waals surface area (Å²) >= 11 is 0. The summed E-state index contributed by atoms with van der Waals surface area (Å²) in [4.78, 5) is 32.8. The molecule has 1 unspecified atom stereocenters. The van der Waals surface area contributed by atoms with Crippen molar-refractivity contribution in [2.24, 2.45) is 0 Å². The number of aromatic amines is 1. The van der Waals surface area contributed by atoms with E-state index in [2.05, 4.69) is 20.2 Å². The van der Waals surface area contributed by atoms with E-state index in [-0.39, 0.29) is 11.6 Å². The second-order valence-corrected chi connectivity index (χ2v) is 12.2. The number of hydrogen-bond acceptors (Lipinski definition) is 8. The molecule has 0 bridgehead atoms. The maximum absolute atomic E-state index is 14.3. The van der Waals surface area contributed by atoms with Crippen molar-refractivity contribution in [1.29, 1.82) is 0 Å². The molecule has 248 valence electrons. The molecule has 1 aliphatic carbocycles. The third-order valence-electron chi connectivity index (χ3n) is 8.80. The fourth-order valence-electron chi connectivity index (χ4n) is 6.20. The Morgan fingerprint density at radius 1 is 1.04 bits per heavy atom. The summed E-state index contributed by atoms with van der Waals surface area (Å²) in [6.45, 7) is 1.89. The first-order valence-corrected chi connectivity index (χ1v) is 15.6.